The maximum Gasteiger partial charge on any atom is 0.251 e. The topological polar surface area (TPSA) is 98.6 Å². The maximum atomic E-state index is 12.0. The molecule has 1 unspecified atom stereocenters. The van der Waals surface area contributed by atoms with Crippen LogP contribution in [-0.4, -0.2) is 21.1 Å². The van der Waals surface area contributed by atoms with Crippen molar-refractivity contribution in [1.29, 1.82) is 5.26 Å². The van der Waals surface area contributed by atoms with Crippen molar-refractivity contribution in [3.8, 4) is 6.07 Å². The van der Waals surface area contributed by atoms with Gasteiger partial charge < -0.3 is 10.3 Å². The molecule has 2 N–H and O–H groups in total. The van der Waals surface area contributed by atoms with E-state index in [1.54, 1.807) is 31.2 Å². The van der Waals surface area contributed by atoms with Gasteiger partial charge in [0, 0.05) is 18.0 Å². The van der Waals surface area contributed by atoms with E-state index in [9.17, 15) is 9.59 Å². The van der Waals surface area contributed by atoms with Gasteiger partial charge in [0.15, 0.2) is 5.16 Å². The zero-order valence-electron chi connectivity index (χ0n) is 11.2. The van der Waals surface area contributed by atoms with Crippen LogP contribution in [0.15, 0.2) is 46.5 Å². The Balaban J connectivity index is 1.99. The average Bonchev–Trinajstić information content (AvgIpc) is 2.48. The number of hydrogen-bond acceptors (Lipinski definition) is 5. The number of benzene rings is 1. The second-order valence-corrected chi connectivity index (χ2v) is 5.51. The van der Waals surface area contributed by atoms with Crippen LogP contribution in [-0.2, 0) is 4.79 Å². The third-order valence-electron chi connectivity index (χ3n) is 2.59. The summed E-state index contributed by atoms with van der Waals surface area (Å²) in [4.78, 5) is 29.7. The number of nitriles is 1. The molecule has 1 aromatic carbocycles. The predicted octanol–water partition coefficient (Wildman–Crippen LogP) is 1.76. The number of thioether (sulfide) groups is 1. The van der Waals surface area contributed by atoms with Crippen molar-refractivity contribution in [2.45, 2.75) is 17.3 Å². The Hall–Kier alpha value is -2.59. The molecule has 1 heterocycles. The van der Waals surface area contributed by atoms with Crippen molar-refractivity contribution in [2.75, 3.05) is 5.32 Å². The summed E-state index contributed by atoms with van der Waals surface area (Å²) in [6.45, 7) is 1.72. The van der Waals surface area contributed by atoms with Gasteiger partial charge in [-0.05, 0) is 31.2 Å². The fourth-order valence-electron chi connectivity index (χ4n) is 1.50. The first kappa shape index (κ1) is 14.8. The van der Waals surface area contributed by atoms with Gasteiger partial charge in [-0.1, -0.05) is 11.8 Å². The molecule has 0 aliphatic heterocycles. The SMILES string of the molecule is CC(Sc1nccc(=O)[nH]1)C(=O)Nc1ccc(C#N)cc1. The Morgan fingerprint density at radius 1 is 1.38 bits per heavy atom. The second-order valence-electron chi connectivity index (χ2n) is 4.18. The van der Waals surface area contributed by atoms with E-state index in [1.165, 1.54) is 12.3 Å². The molecule has 0 saturated carbocycles. The number of carbonyl (C=O) groups excluding carboxylic acids is 1. The number of H-pyrrole nitrogens is 1. The van der Waals surface area contributed by atoms with Crippen molar-refractivity contribution in [3.05, 3.63) is 52.4 Å². The summed E-state index contributed by atoms with van der Waals surface area (Å²) < 4.78 is 0. The molecule has 0 saturated heterocycles. The van der Waals surface area contributed by atoms with E-state index in [1.807, 2.05) is 6.07 Å². The zero-order valence-corrected chi connectivity index (χ0v) is 12.0. The van der Waals surface area contributed by atoms with Crippen LogP contribution in [0.1, 0.15) is 12.5 Å². The highest BCUT2D eigenvalue weighted by Gasteiger charge is 2.15. The molecular weight excluding hydrogens is 288 g/mol. The Morgan fingerprint density at radius 3 is 2.71 bits per heavy atom. The first-order valence-electron chi connectivity index (χ1n) is 6.11. The summed E-state index contributed by atoms with van der Waals surface area (Å²) in [5.41, 5.74) is 0.884. The number of rotatable bonds is 4. The molecule has 0 fully saturated rings. The minimum Gasteiger partial charge on any atom is -0.325 e. The van der Waals surface area contributed by atoms with Crippen LogP contribution in [0, 0.1) is 11.3 Å². The lowest BCUT2D eigenvalue weighted by atomic mass is 10.2. The maximum absolute atomic E-state index is 12.0. The van der Waals surface area contributed by atoms with E-state index >= 15 is 0 Å². The molecule has 21 heavy (non-hydrogen) atoms. The number of hydrogen-bond donors (Lipinski definition) is 2. The van der Waals surface area contributed by atoms with Crippen LogP contribution in [0.5, 0.6) is 0 Å². The molecule has 0 aliphatic rings. The lowest BCUT2D eigenvalue weighted by Crippen LogP contribution is -2.23. The van der Waals surface area contributed by atoms with Gasteiger partial charge in [0.2, 0.25) is 5.91 Å². The van der Waals surface area contributed by atoms with Crippen molar-refractivity contribution in [2.24, 2.45) is 0 Å². The Kier molecular flexibility index (Phi) is 4.74. The molecule has 1 aromatic heterocycles. The lowest BCUT2D eigenvalue weighted by Gasteiger charge is -2.11. The molecule has 7 heteroatoms. The number of amides is 1. The van der Waals surface area contributed by atoms with Crippen LogP contribution >= 0.6 is 11.8 Å². The van der Waals surface area contributed by atoms with Crippen molar-refractivity contribution >= 4 is 23.4 Å². The summed E-state index contributed by atoms with van der Waals surface area (Å²) in [6, 6.07) is 9.90. The third-order valence-corrected chi connectivity index (χ3v) is 3.59. The largest absolute Gasteiger partial charge is 0.325 e. The standard InChI is InChI=1S/C14H12N4O2S/c1-9(21-14-16-7-6-12(19)18-14)13(20)17-11-4-2-10(8-15)3-5-11/h2-7,9H,1H3,(H,17,20)(H,16,18,19). The number of nitrogens with zero attached hydrogens (tertiary/aromatic N) is 2. The smallest absolute Gasteiger partial charge is 0.251 e. The van der Waals surface area contributed by atoms with Gasteiger partial charge in [-0.25, -0.2) is 4.98 Å². The van der Waals surface area contributed by atoms with Gasteiger partial charge in [0.05, 0.1) is 16.9 Å². The minimum absolute atomic E-state index is 0.212. The molecular formula is C14H12N4O2S. The summed E-state index contributed by atoms with van der Waals surface area (Å²) in [6.07, 6.45) is 1.40. The number of aromatic amines is 1. The third kappa shape index (κ3) is 4.19. The first-order chi connectivity index (χ1) is 10.1. The first-order valence-corrected chi connectivity index (χ1v) is 6.99. The molecule has 0 spiro atoms. The molecule has 2 rings (SSSR count). The van der Waals surface area contributed by atoms with Crippen molar-refractivity contribution in [1.82, 2.24) is 9.97 Å². The Morgan fingerprint density at radius 2 is 2.10 bits per heavy atom. The van der Waals surface area contributed by atoms with E-state index in [0.29, 0.717) is 16.4 Å². The number of aromatic nitrogens is 2. The second kappa shape index (κ2) is 6.72. The highest BCUT2D eigenvalue weighted by atomic mass is 32.2. The summed E-state index contributed by atoms with van der Waals surface area (Å²) in [5.74, 6) is -0.212. The summed E-state index contributed by atoms with van der Waals surface area (Å²) >= 11 is 1.16. The number of carbonyl (C=O) groups is 1. The van der Waals surface area contributed by atoms with Gasteiger partial charge in [-0.2, -0.15) is 5.26 Å². The molecule has 6 nitrogen and oxygen atoms in total. The predicted molar refractivity (Wildman–Crippen MR) is 80.0 cm³/mol. The molecule has 106 valence electrons. The molecule has 0 bridgehead atoms. The van der Waals surface area contributed by atoms with E-state index in [0.717, 1.165) is 11.8 Å². The minimum atomic E-state index is -0.425. The molecule has 1 amide bonds. The molecule has 2 aromatic rings. The van der Waals surface area contributed by atoms with Crippen molar-refractivity contribution < 1.29 is 4.79 Å². The van der Waals surface area contributed by atoms with Crippen LogP contribution in [0.4, 0.5) is 5.69 Å². The summed E-state index contributed by atoms with van der Waals surface area (Å²) in [7, 11) is 0. The number of nitrogens with one attached hydrogen (secondary N) is 2. The molecule has 0 aliphatic carbocycles. The van der Waals surface area contributed by atoms with Crippen LogP contribution < -0.4 is 10.9 Å². The van der Waals surface area contributed by atoms with Crippen LogP contribution in [0.25, 0.3) is 0 Å². The van der Waals surface area contributed by atoms with E-state index in [-0.39, 0.29) is 11.5 Å². The van der Waals surface area contributed by atoms with Gasteiger partial charge in [-0.15, -0.1) is 0 Å². The van der Waals surface area contributed by atoms with E-state index in [4.69, 9.17) is 5.26 Å². The monoisotopic (exact) mass is 300 g/mol. The molecule has 0 radical (unpaired) electrons. The van der Waals surface area contributed by atoms with Crippen LogP contribution in [0.3, 0.4) is 0 Å². The number of anilines is 1. The highest BCUT2D eigenvalue weighted by molar-refractivity contribution is 8.00. The fourth-order valence-corrected chi connectivity index (χ4v) is 2.29. The summed E-state index contributed by atoms with van der Waals surface area (Å²) in [5, 5.41) is 11.4. The quantitative estimate of drug-likeness (QED) is 0.662. The van der Waals surface area contributed by atoms with Gasteiger partial charge in [0.25, 0.3) is 5.56 Å². The zero-order chi connectivity index (χ0) is 15.2. The van der Waals surface area contributed by atoms with E-state index in [2.05, 4.69) is 15.3 Å². The average molecular weight is 300 g/mol. The van der Waals surface area contributed by atoms with Crippen LogP contribution in [0.2, 0.25) is 0 Å². The Bertz CT molecular complexity index is 734. The van der Waals surface area contributed by atoms with Crippen molar-refractivity contribution in [3.63, 3.8) is 0 Å². The normalized spacial score (nSPS) is 11.4. The Labute approximate surface area is 125 Å². The molecule has 1 atom stereocenters. The highest BCUT2D eigenvalue weighted by Crippen LogP contribution is 2.19. The van der Waals surface area contributed by atoms with Gasteiger partial charge >= 0.3 is 0 Å². The fraction of sp³-hybridized carbons (Fsp3) is 0.143. The van der Waals surface area contributed by atoms with Gasteiger partial charge in [-0.3, -0.25) is 9.59 Å². The lowest BCUT2D eigenvalue weighted by molar-refractivity contribution is -0.115. The van der Waals surface area contributed by atoms with E-state index < -0.39 is 5.25 Å². The van der Waals surface area contributed by atoms with Gasteiger partial charge in [0.1, 0.15) is 0 Å².